The van der Waals surface area contributed by atoms with E-state index in [0.29, 0.717) is 30.9 Å². The van der Waals surface area contributed by atoms with E-state index in [9.17, 15) is 22.8 Å². The van der Waals surface area contributed by atoms with E-state index in [2.05, 4.69) is 10.2 Å². The average molecular weight is 474 g/mol. The van der Waals surface area contributed by atoms with Crippen LogP contribution in [0.4, 0.5) is 18.0 Å². The van der Waals surface area contributed by atoms with Gasteiger partial charge in [0, 0.05) is 13.0 Å². The fourth-order valence-corrected chi connectivity index (χ4v) is 4.97. The minimum Gasteiger partial charge on any atom is -0.338 e. The van der Waals surface area contributed by atoms with Crippen molar-refractivity contribution in [2.75, 3.05) is 26.2 Å². The average Bonchev–Trinajstić information content (AvgIpc) is 2.84. The van der Waals surface area contributed by atoms with Gasteiger partial charge in [0.2, 0.25) is 5.91 Å². The Hall–Kier alpha value is -2.87. The zero-order chi connectivity index (χ0) is 24.1. The van der Waals surface area contributed by atoms with Crippen LogP contribution in [0, 0.1) is 17.5 Å². The standard InChI is InChI=1S/C26H30F3N3O2/c27-21-8-5-18(6-9-21)19-11-15-31(16-12-19)14-2-13-30-26(34)32-24(3-1-4-25(32)33)20-7-10-22(28)23(29)17-20/h5-10,17,19,24H,1-4,11-16H2,(H,30,34)/t24-/m1/s1. The number of hydrogen-bond donors (Lipinski definition) is 1. The molecule has 2 aromatic carbocycles. The van der Waals surface area contributed by atoms with Gasteiger partial charge in [-0.15, -0.1) is 0 Å². The summed E-state index contributed by atoms with van der Waals surface area (Å²) in [7, 11) is 0. The lowest BCUT2D eigenvalue weighted by atomic mass is 9.89. The van der Waals surface area contributed by atoms with Gasteiger partial charge in [-0.3, -0.25) is 9.69 Å². The molecule has 8 heteroatoms. The summed E-state index contributed by atoms with van der Waals surface area (Å²) < 4.78 is 40.2. The molecule has 0 radical (unpaired) electrons. The van der Waals surface area contributed by atoms with E-state index in [1.807, 2.05) is 12.1 Å². The van der Waals surface area contributed by atoms with Gasteiger partial charge < -0.3 is 10.2 Å². The van der Waals surface area contributed by atoms with Gasteiger partial charge >= 0.3 is 6.03 Å². The van der Waals surface area contributed by atoms with E-state index in [0.717, 1.165) is 55.9 Å². The number of benzene rings is 2. The molecule has 0 aromatic heterocycles. The lowest BCUT2D eigenvalue weighted by molar-refractivity contribution is -0.132. The first-order chi connectivity index (χ1) is 16.4. The van der Waals surface area contributed by atoms with Crippen molar-refractivity contribution in [1.82, 2.24) is 15.1 Å². The Kier molecular flexibility index (Phi) is 7.88. The van der Waals surface area contributed by atoms with Gasteiger partial charge in [-0.2, -0.15) is 0 Å². The van der Waals surface area contributed by atoms with Crippen molar-refractivity contribution in [3.63, 3.8) is 0 Å². The molecule has 5 nitrogen and oxygen atoms in total. The van der Waals surface area contributed by atoms with Crippen LogP contribution in [0.5, 0.6) is 0 Å². The quantitative estimate of drug-likeness (QED) is 0.592. The summed E-state index contributed by atoms with van der Waals surface area (Å²) in [6.45, 7) is 3.14. The largest absolute Gasteiger partial charge is 0.338 e. The monoisotopic (exact) mass is 473 g/mol. The molecule has 2 aliphatic rings. The van der Waals surface area contributed by atoms with Crippen LogP contribution in [0.2, 0.25) is 0 Å². The van der Waals surface area contributed by atoms with Crippen molar-refractivity contribution in [1.29, 1.82) is 0 Å². The minimum atomic E-state index is -0.987. The van der Waals surface area contributed by atoms with E-state index in [1.54, 1.807) is 0 Å². The number of amides is 3. The maximum atomic E-state index is 13.7. The number of rotatable bonds is 6. The maximum Gasteiger partial charge on any atom is 0.324 e. The Balaban J connectivity index is 1.24. The first-order valence-corrected chi connectivity index (χ1v) is 11.9. The zero-order valence-electron chi connectivity index (χ0n) is 19.1. The van der Waals surface area contributed by atoms with Gasteiger partial charge in [-0.05, 0) is 93.0 Å². The number of nitrogens with one attached hydrogen (secondary N) is 1. The van der Waals surface area contributed by atoms with Crippen LogP contribution in [0.3, 0.4) is 0 Å². The molecule has 0 spiro atoms. The van der Waals surface area contributed by atoms with Crippen molar-refractivity contribution in [3.8, 4) is 0 Å². The topological polar surface area (TPSA) is 52.7 Å². The summed E-state index contributed by atoms with van der Waals surface area (Å²) in [6, 6.07) is 9.17. The normalized spacial score (nSPS) is 19.9. The molecule has 2 heterocycles. The molecular weight excluding hydrogens is 443 g/mol. The predicted octanol–water partition coefficient (Wildman–Crippen LogP) is 5.14. The van der Waals surface area contributed by atoms with E-state index in [-0.39, 0.29) is 18.1 Å². The number of carbonyl (C=O) groups is 2. The van der Waals surface area contributed by atoms with Gasteiger partial charge in [0.05, 0.1) is 6.04 Å². The molecule has 2 fully saturated rings. The fraction of sp³-hybridized carbons (Fsp3) is 0.462. The molecule has 2 aromatic rings. The van der Waals surface area contributed by atoms with Crippen molar-refractivity contribution < 1.29 is 22.8 Å². The van der Waals surface area contributed by atoms with Gasteiger partial charge in [-0.25, -0.2) is 18.0 Å². The van der Waals surface area contributed by atoms with E-state index < -0.39 is 23.7 Å². The molecule has 1 N–H and O–H groups in total. The molecule has 0 saturated carbocycles. The molecule has 0 bridgehead atoms. The lowest BCUT2D eigenvalue weighted by Crippen LogP contribution is -2.48. The number of piperidine rings is 2. The smallest absolute Gasteiger partial charge is 0.324 e. The van der Waals surface area contributed by atoms with Crippen LogP contribution in [0.25, 0.3) is 0 Å². The number of hydrogen-bond acceptors (Lipinski definition) is 3. The fourth-order valence-electron chi connectivity index (χ4n) is 4.97. The predicted molar refractivity (Wildman–Crippen MR) is 123 cm³/mol. The highest BCUT2D eigenvalue weighted by Gasteiger charge is 2.34. The highest BCUT2D eigenvalue weighted by atomic mass is 19.2. The Morgan fingerprint density at radius 1 is 0.941 bits per heavy atom. The molecule has 34 heavy (non-hydrogen) atoms. The van der Waals surface area contributed by atoms with E-state index >= 15 is 0 Å². The first-order valence-electron chi connectivity index (χ1n) is 11.9. The SMILES string of the molecule is O=C1CCC[C@H](c2ccc(F)c(F)c2)N1C(=O)NCCCN1CCC(c2ccc(F)cc2)CC1. The molecule has 2 aliphatic heterocycles. The highest BCUT2D eigenvalue weighted by molar-refractivity contribution is 5.95. The van der Waals surface area contributed by atoms with Crippen molar-refractivity contribution >= 4 is 11.9 Å². The molecule has 0 aliphatic carbocycles. The first kappa shape index (κ1) is 24.3. The summed E-state index contributed by atoms with van der Waals surface area (Å²) in [4.78, 5) is 28.8. The molecule has 1 atom stereocenters. The molecule has 2 saturated heterocycles. The van der Waals surface area contributed by atoms with E-state index in [4.69, 9.17) is 0 Å². The number of likely N-dealkylation sites (tertiary alicyclic amines) is 2. The zero-order valence-corrected chi connectivity index (χ0v) is 19.1. The third-order valence-corrected chi connectivity index (χ3v) is 6.85. The van der Waals surface area contributed by atoms with Crippen LogP contribution < -0.4 is 5.32 Å². The highest BCUT2D eigenvalue weighted by Crippen LogP contribution is 2.32. The van der Waals surface area contributed by atoms with Gasteiger partial charge in [-0.1, -0.05) is 18.2 Å². The third-order valence-electron chi connectivity index (χ3n) is 6.85. The van der Waals surface area contributed by atoms with Gasteiger partial charge in [0.25, 0.3) is 0 Å². The van der Waals surface area contributed by atoms with E-state index in [1.165, 1.54) is 23.8 Å². The lowest BCUT2D eigenvalue weighted by Gasteiger charge is -2.34. The number of carbonyl (C=O) groups excluding carboxylic acids is 2. The second-order valence-corrected chi connectivity index (χ2v) is 9.10. The number of nitrogens with zero attached hydrogens (tertiary/aromatic N) is 2. The van der Waals surface area contributed by atoms with Crippen molar-refractivity contribution in [2.45, 2.75) is 50.5 Å². The Morgan fingerprint density at radius 3 is 2.35 bits per heavy atom. The Labute approximate surface area is 197 Å². The van der Waals surface area contributed by atoms with Gasteiger partial charge in [0.1, 0.15) is 5.82 Å². The van der Waals surface area contributed by atoms with Crippen LogP contribution in [-0.2, 0) is 4.79 Å². The van der Waals surface area contributed by atoms with Crippen molar-refractivity contribution in [2.24, 2.45) is 0 Å². The Bertz CT molecular complexity index is 1010. The molecule has 3 amide bonds. The third kappa shape index (κ3) is 5.78. The number of imide groups is 1. The van der Waals surface area contributed by atoms with Crippen molar-refractivity contribution in [3.05, 3.63) is 71.0 Å². The molecular formula is C26H30F3N3O2. The number of halogens is 3. The van der Waals surface area contributed by atoms with Gasteiger partial charge in [0.15, 0.2) is 11.6 Å². The minimum absolute atomic E-state index is 0.217. The summed E-state index contributed by atoms with van der Waals surface area (Å²) in [5.41, 5.74) is 1.60. The van der Waals surface area contributed by atoms with Crippen LogP contribution >= 0.6 is 0 Å². The maximum absolute atomic E-state index is 13.7. The second-order valence-electron chi connectivity index (χ2n) is 9.10. The number of urea groups is 1. The summed E-state index contributed by atoms with van der Waals surface area (Å²) >= 11 is 0. The molecule has 0 unspecified atom stereocenters. The Morgan fingerprint density at radius 2 is 1.65 bits per heavy atom. The second kappa shape index (κ2) is 11.0. The molecule has 182 valence electrons. The molecule has 4 rings (SSSR count). The van der Waals surface area contributed by atoms with Crippen LogP contribution in [0.15, 0.2) is 42.5 Å². The summed E-state index contributed by atoms with van der Waals surface area (Å²) in [5.74, 6) is -2.02. The summed E-state index contributed by atoms with van der Waals surface area (Å²) in [5, 5.41) is 2.82. The summed E-state index contributed by atoms with van der Waals surface area (Å²) in [6.07, 6.45) is 4.14. The van der Waals surface area contributed by atoms with Crippen LogP contribution in [-0.4, -0.2) is 47.9 Å². The van der Waals surface area contributed by atoms with Crippen LogP contribution in [0.1, 0.15) is 61.6 Å².